The summed E-state index contributed by atoms with van der Waals surface area (Å²) in [5, 5.41) is 4.21. The summed E-state index contributed by atoms with van der Waals surface area (Å²) in [7, 11) is -1.70. The van der Waals surface area contributed by atoms with Crippen LogP contribution in [0.15, 0.2) is 4.90 Å². The summed E-state index contributed by atoms with van der Waals surface area (Å²) in [6.07, 6.45) is 0. The number of sulfonamides is 1. The third-order valence-corrected chi connectivity index (χ3v) is 6.43. The molecule has 0 aromatic carbocycles. The third kappa shape index (κ3) is 2.98. The van der Waals surface area contributed by atoms with Gasteiger partial charge in [0.05, 0.1) is 11.4 Å². The van der Waals surface area contributed by atoms with Crippen LogP contribution < -0.4 is 5.73 Å². The van der Waals surface area contributed by atoms with Crippen molar-refractivity contribution in [3.63, 3.8) is 0 Å². The van der Waals surface area contributed by atoms with E-state index in [0.29, 0.717) is 35.9 Å². The Morgan fingerprint density at radius 3 is 2.24 bits per heavy atom. The molecule has 21 heavy (non-hydrogen) atoms. The first kappa shape index (κ1) is 16.4. The number of aromatic nitrogens is 2. The van der Waals surface area contributed by atoms with Crippen molar-refractivity contribution >= 4 is 10.0 Å². The van der Waals surface area contributed by atoms with E-state index in [-0.39, 0.29) is 6.04 Å². The van der Waals surface area contributed by atoms with Crippen LogP contribution in [-0.2, 0) is 17.1 Å². The molecule has 1 unspecified atom stereocenters. The molecule has 1 saturated heterocycles. The zero-order chi connectivity index (χ0) is 15.8. The third-order valence-electron chi connectivity index (χ3n) is 4.28. The topological polar surface area (TPSA) is 84.5 Å². The van der Waals surface area contributed by atoms with E-state index in [1.54, 1.807) is 29.9 Å². The Hall–Kier alpha value is -0.960. The van der Waals surface area contributed by atoms with Gasteiger partial charge in [-0.1, -0.05) is 0 Å². The average molecular weight is 315 g/mol. The molecule has 120 valence electrons. The quantitative estimate of drug-likeness (QED) is 0.824. The largest absolute Gasteiger partial charge is 0.329 e. The lowest BCUT2D eigenvalue weighted by Crippen LogP contribution is -2.52. The van der Waals surface area contributed by atoms with Crippen molar-refractivity contribution in [1.29, 1.82) is 0 Å². The van der Waals surface area contributed by atoms with Crippen LogP contribution in [0.4, 0.5) is 0 Å². The van der Waals surface area contributed by atoms with Crippen LogP contribution in [0.1, 0.15) is 18.3 Å². The van der Waals surface area contributed by atoms with Crippen LogP contribution in [-0.4, -0.2) is 66.2 Å². The highest BCUT2D eigenvalue weighted by molar-refractivity contribution is 7.89. The van der Waals surface area contributed by atoms with Crippen LogP contribution in [0.2, 0.25) is 0 Å². The van der Waals surface area contributed by atoms with Crippen molar-refractivity contribution in [3.05, 3.63) is 11.4 Å². The van der Waals surface area contributed by atoms with Gasteiger partial charge in [-0.3, -0.25) is 9.58 Å². The van der Waals surface area contributed by atoms with Gasteiger partial charge in [-0.05, 0) is 20.8 Å². The number of rotatable bonds is 4. The fourth-order valence-electron chi connectivity index (χ4n) is 2.79. The average Bonchev–Trinajstić information content (AvgIpc) is 2.71. The zero-order valence-electron chi connectivity index (χ0n) is 13.2. The molecule has 1 aromatic rings. The Morgan fingerprint density at radius 1 is 1.24 bits per heavy atom. The molecule has 1 aliphatic heterocycles. The summed E-state index contributed by atoms with van der Waals surface area (Å²) in [6, 6.07) is 0.289. The van der Waals surface area contributed by atoms with Crippen molar-refractivity contribution < 1.29 is 8.42 Å². The van der Waals surface area contributed by atoms with Gasteiger partial charge in [-0.15, -0.1) is 0 Å². The van der Waals surface area contributed by atoms with Gasteiger partial charge < -0.3 is 5.73 Å². The minimum absolute atomic E-state index is 0.289. The smallest absolute Gasteiger partial charge is 0.246 e. The first-order chi connectivity index (χ1) is 9.78. The second-order valence-electron chi connectivity index (χ2n) is 5.65. The van der Waals surface area contributed by atoms with E-state index in [4.69, 9.17) is 5.73 Å². The normalized spacial score (nSPS) is 19.9. The van der Waals surface area contributed by atoms with Gasteiger partial charge in [0.15, 0.2) is 0 Å². The fourth-order valence-corrected chi connectivity index (χ4v) is 4.61. The molecule has 1 fully saturated rings. The maximum absolute atomic E-state index is 12.8. The standard InChI is InChI=1S/C13H25N5O2S/c1-10(9-14)17-5-7-18(8-6-17)21(19,20)13-11(2)15-16(4)12(13)3/h10H,5-9,14H2,1-4H3. The number of hydrogen-bond acceptors (Lipinski definition) is 5. The SMILES string of the molecule is Cc1nn(C)c(C)c1S(=O)(=O)N1CCN(C(C)CN)CC1. The summed E-state index contributed by atoms with van der Waals surface area (Å²) in [5.41, 5.74) is 6.92. The first-order valence-corrected chi connectivity index (χ1v) is 8.67. The number of nitrogens with two attached hydrogens (primary N) is 1. The Balaban J connectivity index is 2.19. The van der Waals surface area contributed by atoms with E-state index >= 15 is 0 Å². The summed E-state index contributed by atoms with van der Waals surface area (Å²) < 4.78 is 28.8. The molecule has 1 aliphatic rings. The lowest BCUT2D eigenvalue weighted by atomic mass is 10.2. The van der Waals surface area contributed by atoms with Crippen LogP contribution in [0.5, 0.6) is 0 Å². The number of nitrogens with zero attached hydrogens (tertiary/aromatic N) is 4. The molecule has 7 nitrogen and oxygen atoms in total. The van der Waals surface area contributed by atoms with Crippen LogP contribution >= 0.6 is 0 Å². The van der Waals surface area contributed by atoms with Crippen LogP contribution in [0.3, 0.4) is 0 Å². The van der Waals surface area contributed by atoms with Gasteiger partial charge in [0.1, 0.15) is 4.90 Å². The highest BCUT2D eigenvalue weighted by Gasteiger charge is 2.33. The Bertz CT molecular complexity index is 602. The van der Waals surface area contributed by atoms with E-state index < -0.39 is 10.0 Å². The van der Waals surface area contributed by atoms with Crippen molar-refractivity contribution in [2.75, 3.05) is 32.7 Å². The lowest BCUT2D eigenvalue weighted by Gasteiger charge is -2.37. The predicted molar refractivity (Wildman–Crippen MR) is 81.5 cm³/mol. The Morgan fingerprint density at radius 2 is 1.81 bits per heavy atom. The van der Waals surface area contributed by atoms with Crippen molar-refractivity contribution in [1.82, 2.24) is 19.0 Å². The van der Waals surface area contributed by atoms with E-state index in [9.17, 15) is 8.42 Å². The molecule has 0 radical (unpaired) electrons. The molecule has 0 spiro atoms. The van der Waals surface area contributed by atoms with E-state index in [1.165, 1.54) is 0 Å². The Kier molecular flexibility index (Phi) is 4.72. The molecule has 0 saturated carbocycles. The van der Waals surface area contributed by atoms with Crippen LogP contribution in [0.25, 0.3) is 0 Å². The fraction of sp³-hybridized carbons (Fsp3) is 0.769. The lowest BCUT2D eigenvalue weighted by molar-refractivity contribution is 0.149. The zero-order valence-corrected chi connectivity index (χ0v) is 14.0. The molecular formula is C13H25N5O2S. The van der Waals surface area contributed by atoms with Gasteiger partial charge in [0.25, 0.3) is 0 Å². The molecule has 0 aliphatic carbocycles. The second kappa shape index (κ2) is 6.04. The van der Waals surface area contributed by atoms with Crippen LogP contribution in [0, 0.1) is 13.8 Å². The van der Waals surface area contributed by atoms with Gasteiger partial charge in [0, 0.05) is 45.8 Å². The van der Waals surface area contributed by atoms with Crippen molar-refractivity contribution in [2.24, 2.45) is 12.8 Å². The summed E-state index contributed by atoms with van der Waals surface area (Å²) in [5.74, 6) is 0. The van der Waals surface area contributed by atoms with Gasteiger partial charge in [-0.25, -0.2) is 8.42 Å². The molecule has 2 N–H and O–H groups in total. The Labute approximate surface area is 126 Å². The molecule has 1 atom stereocenters. The molecule has 1 aromatic heterocycles. The second-order valence-corrected chi connectivity index (χ2v) is 7.52. The van der Waals surface area contributed by atoms with Crippen molar-refractivity contribution in [2.45, 2.75) is 31.7 Å². The minimum Gasteiger partial charge on any atom is -0.329 e. The molecular weight excluding hydrogens is 290 g/mol. The van der Waals surface area contributed by atoms with E-state index in [1.807, 2.05) is 0 Å². The number of aryl methyl sites for hydroxylation is 2. The molecule has 2 heterocycles. The first-order valence-electron chi connectivity index (χ1n) is 7.23. The molecule has 0 bridgehead atoms. The molecule has 8 heteroatoms. The highest BCUT2D eigenvalue weighted by atomic mass is 32.2. The summed E-state index contributed by atoms with van der Waals surface area (Å²) in [4.78, 5) is 2.58. The highest BCUT2D eigenvalue weighted by Crippen LogP contribution is 2.24. The molecule has 0 amide bonds. The summed E-state index contributed by atoms with van der Waals surface area (Å²) in [6.45, 7) is 8.63. The minimum atomic E-state index is -3.47. The number of piperazine rings is 1. The summed E-state index contributed by atoms with van der Waals surface area (Å²) >= 11 is 0. The van der Waals surface area contributed by atoms with Gasteiger partial charge in [0.2, 0.25) is 10.0 Å². The number of hydrogen-bond donors (Lipinski definition) is 1. The van der Waals surface area contributed by atoms with E-state index in [2.05, 4.69) is 16.9 Å². The monoisotopic (exact) mass is 315 g/mol. The van der Waals surface area contributed by atoms with Crippen molar-refractivity contribution in [3.8, 4) is 0 Å². The van der Waals surface area contributed by atoms with Gasteiger partial charge in [-0.2, -0.15) is 9.40 Å². The molecule has 2 rings (SSSR count). The maximum Gasteiger partial charge on any atom is 0.246 e. The predicted octanol–water partition coefficient (Wildman–Crippen LogP) is -0.310. The van der Waals surface area contributed by atoms with E-state index in [0.717, 1.165) is 13.1 Å². The van der Waals surface area contributed by atoms with Gasteiger partial charge >= 0.3 is 0 Å². The maximum atomic E-state index is 12.8.